The highest BCUT2D eigenvalue weighted by Crippen LogP contribution is 2.23. The summed E-state index contributed by atoms with van der Waals surface area (Å²) in [7, 11) is 1.74. The minimum absolute atomic E-state index is 0.203. The van der Waals surface area contributed by atoms with Gasteiger partial charge in [0.25, 0.3) is 5.91 Å². The van der Waals surface area contributed by atoms with E-state index < -0.39 is 0 Å². The third kappa shape index (κ3) is 3.41. The summed E-state index contributed by atoms with van der Waals surface area (Å²) in [5, 5.41) is 7.01. The predicted octanol–water partition coefficient (Wildman–Crippen LogP) is 1.84. The fourth-order valence-corrected chi connectivity index (χ4v) is 2.13. The largest absolute Gasteiger partial charge is 0.494 e. The number of hydrogen-bond acceptors (Lipinski definition) is 4. The van der Waals surface area contributed by atoms with Crippen LogP contribution in [0.5, 0.6) is 5.75 Å². The molecule has 112 valence electrons. The molecule has 0 aliphatic heterocycles. The van der Waals surface area contributed by atoms with Crippen LogP contribution in [-0.2, 0) is 13.6 Å². The summed E-state index contributed by atoms with van der Waals surface area (Å²) in [6, 6.07) is 7.18. The number of aromatic nitrogens is 2. The number of nitrogens with one attached hydrogen (secondary N) is 1. The molecule has 21 heavy (non-hydrogen) atoms. The lowest BCUT2D eigenvalue weighted by Crippen LogP contribution is -2.16. The van der Waals surface area contributed by atoms with Crippen LogP contribution in [0.2, 0.25) is 0 Å². The van der Waals surface area contributed by atoms with Crippen LogP contribution in [0.4, 0.5) is 5.69 Å². The van der Waals surface area contributed by atoms with Crippen molar-refractivity contribution in [3.63, 3.8) is 0 Å². The molecule has 0 saturated carbocycles. The van der Waals surface area contributed by atoms with Crippen LogP contribution in [0.15, 0.2) is 24.3 Å². The van der Waals surface area contributed by atoms with Crippen LogP contribution in [0, 0.1) is 6.92 Å². The van der Waals surface area contributed by atoms with Crippen LogP contribution in [0.1, 0.15) is 28.7 Å². The average Bonchev–Trinajstić information content (AvgIpc) is 2.79. The monoisotopic (exact) mass is 288 g/mol. The molecule has 0 spiro atoms. The Labute approximate surface area is 123 Å². The van der Waals surface area contributed by atoms with Crippen molar-refractivity contribution in [3.8, 4) is 5.75 Å². The SMILES string of the molecule is CCOc1ccc(NC(=O)c2cc(C)nn2C)cc1CN. The van der Waals surface area contributed by atoms with Gasteiger partial charge in [-0.05, 0) is 38.1 Å². The molecule has 2 rings (SSSR count). The number of nitrogens with zero attached hydrogens (tertiary/aromatic N) is 2. The van der Waals surface area contributed by atoms with E-state index in [1.54, 1.807) is 23.9 Å². The van der Waals surface area contributed by atoms with Crippen LogP contribution >= 0.6 is 0 Å². The van der Waals surface area contributed by atoms with Gasteiger partial charge >= 0.3 is 0 Å². The summed E-state index contributed by atoms with van der Waals surface area (Å²) in [5.74, 6) is 0.541. The number of nitrogens with two attached hydrogens (primary N) is 1. The smallest absolute Gasteiger partial charge is 0.273 e. The first kappa shape index (κ1) is 15.1. The number of aryl methyl sites for hydroxylation is 2. The van der Waals surface area contributed by atoms with Crippen molar-refractivity contribution in [1.82, 2.24) is 9.78 Å². The Hall–Kier alpha value is -2.34. The number of rotatable bonds is 5. The van der Waals surface area contributed by atoms with Gasteiger partial charge < -0.3 is 15.8 Å². The van der Waals surface area contributed by atoms with E-state index in [2.05, 4.69) is 10.4 Å². The molecular formula is C15H20N4O2. The van der Waals surface area contributed by atoms with E-state index in [9.17, 15) is 4.79 Å². The first-order valence-electron chi connectivity index (χ1n) is 6.83. The van der Waals surface area contributed by atoms with Crippen LogP contribution < -0.4 is 15.8 Å². The first-order valence-corrected chi connectivity index (χ1v) is 6.83. The minimum atomic E-state index is -0.203. The van der Waals surface area contributed by atoms with Crippen molar-refractivity contribution in [2.24, 2.45) is 12.8 Å². The maximum absolute atomic E-state index is 12.2. The summed E-state index contributed by atoms with van der Waals surface area (Å²) in [5.41, 5.74) is 8.57. The lowest BCUT2D eigenvalue weighted by atomic mass is 10.1. The number of benzene rings is 1. The Morgan fingerprint density at radius 1 is 1.43 bits per heavy atom. The number of hydrogen-bond donors (Lipinski definition) is 2. The molecule has 1 heterocycles. The zero-order valence-electron chi connectivity index (χ0n) is 12.5. The van der Waals surface area contributed by atoms with Crippen LogP contribution in [-0.4, -0.2) is 22.3 Å². The Bertz CT molecular complexity index is 649. The molecule has 0 fully saturated rings. The fourth-order valence-electron chi connectivity index (χ4n) is 2.13. The van der Waals surface area contributed by atoms with Gasteiger partial charge in [0.15, 0.2) is 0 Å². The topological polar surface area (TPSA) is 82.2 Å². The Balaban J connectivity index is 2.19. The van der Waals surface area contributed by atoms with E-state index >= 15 is 0 Å². The lowest BCUT2D eigenvalue weighted by Gasteiger charge is -2.11. The maximum Gasteiger partial charge on any atom is 0.273 e. The van der Waals surface area contributed by atoms with Crippen molar-refractivity contribution in [2.45, 2.75) is 20.4 Å². The van der Waals surface area contributed by atoms with Gasteiger partial charge in [0.1, 0.15) is 11.4 Å². The van der Waals surface area contributed by atoms with Gasteiger partial charge in [-0.15, -0.1) is 0 Å². The summed E-state index contributed by atoms with van der Waals surface area (Å²) in [6.45, 7) is 4.69. The molecule has 1 aromatic heterocycles. The zero-order chi connectivity index (χ0) is 15.4. The van der Waals surface area contributed by atoms with Gasteiger partial charge in [-0.25, -0.2) is 0 Å². The molecule has 0 atom stereocenters. The van der Waals surface area contributed by atoms with Crippen LogP contribution in [0.3, 0.4) is 0 Å². The molecule has 6 nitrogen and oxygen atoms in total. The van der Waals surface area contributed by atoms with Gasteiger partial charge in [0.2, 0.25) is 0 Å². The molecule has 2 aromatic rings. The van der Waals surface area contributed by atoms with E-state index in [0.717, 1.165) is 17.0 Å². The van der Waals surface area contributed by atoms with Gasteiger partial charge in [-0.1, -0.05) is 0 Å². The molecule has 0 unspecified atom stereocenters. The third-order valence-corrected chi connectivity index (χ3v) is 3.07. The quantitative estimate of drug-likeness (QED) is 0.879. The lowest BCUT2D eigenvalue weighted by molar-refractivity contribution is 0.101. The molecular weight excluding hydrogens is 268 g/mol. The number of amides is 1. The van der Waals surface area contributed by atoms with E-state index in [4.69, 9.17) is 10.5 Å². The number of anilines is 1. The van der Waals surface area contributed by atoms with Crippen molar-refractivity contribution in [3.05, 3.63) is 41.2 Å². The third-order valence-electron chi connectivity index (χ3n) is 3.07. The molecule has 0 aliphatic rings. The number of carbonyl (C=O) groups is 1. The molecule has 0 radical (unpaired) electrons. The van der Waals surface area contributed by atoms with E-state index in [0.29, 0.717) is 24.5 Å². The summed E-state index contributed by atoms with van der Waals surface area (Å²) >= 11 is 0. The number of carbonyl (C=O) groups excluding carboxylic acids is 1. The second-order valence-corrected chi connectivity index (χ2v) is 4.71. The van der Waals surface area contributed by atoms with Crippen molar-refractivity contribution in [1.29, 1.82) is 0 Å². The van der Waals surface area contributed by atoms with Crippen molar-refractivity contribution >= 4 is 11.6 Å². The molecule has 1 aromatic carbocycles. The Kier molecular flexibility index (Phi) is 4.59. The summed E-state index contributed by atoms with van der Waals surface area (Å²) in [4.78, 5) is 12.2. The highest BCUT2D eigenvalue weighted by atomic mass is 16.5. The maximum atomic E-state index is 12.2. The van der Waals surface area contributed by atoms with Gasteiger partial charge in [0, 0.05) is 24.8 Å². The minimum Gasteiger partial charge on any atom is -0.494 e. The zero-order valence-corrected chi connectivity index (χ0v) is 12.5. The second-order valence-electron chi connectivity index (χ2n) is 4.71. The molecule has 0 bridgehead atoms. The van der Waals surface area contributed by atoms with Crippen LogP contribution in [0.25, 0.3) is 0 Å². The normalized spacial score (nSPS) is 10.5. The van der Waals surface area contributed by atoms with Crippen molar-refractivity contribution in [2.75, 3.05) is 11.9 Å². The predicted molar refractivity (Wildman–Crippen MR) is 81.4 cm³/mol. The standard InChI is InChI=1S/C15H20N4O2/c1-4-21-14-6-5-12(8-11(14)9-16)17-15(20)13-7-10(2)18-19(13)3/h5-8H,4,9,16H2,1-3H3,(H,17,20). The fraction of sp³-hybridized carbons (Fsp3) is 0.333. The summed E-state index contributed by atoms with van der Waals surface area (Å²) < 4.78 is 7.05. The van der Waals surface area contributed by atoms with Gasteiger partial charge in [-0.3, -0.25) is 9.48 Å². The molecule has 3 N–H and O–H groups in total. The molecule has 1 amide bonds. The van der Waals surface area contributed by atoms with E-state index in [1.807, 2.05) is 26.0 Å². The second kappa shape index (κ2) is 6.41. The molecule has 0 aliphatic carbocycles. The van der Waals surface area contributed by atoms with Gasteiger partial charge in [-0.2, -0.15) is 5.10 Å². The summed E-state index contributed by atoms with van der Waals surface area (Å²) in [6.07, 6.45) is 0. The van der Waals surface area contributed by atoms with Gasteiger partial charge in [0.05, 0.1) is 12.3 Å². The van der Waals surface area contributed by atoms with E-state index in [-0.39, 0.29) is 5.91 Å². The highest BCUT2D eigenvalue weighted by molar-refractivity contribution is 6.03. The van der Waals surface area contributed by atoms with E-state index in [1.165, 1.54) is 0 Å². The highest BCUT2D eigenvalue weighted by Gasteiger charge is 2.13. The Morgan fingerprint density at radius 2 is 2.19 bits per heavy atom. The molecule has 0 saturated heterocycles. The van der Waals surface area contributed by atoms with Crippen molar-refractivity contribution < 1.29 is 9.53 Å². The number of ether oxygens (including phenoxy) is 1. The first-order chi connectivity index (χ1) is 10.0. The average molecular weight is 288 g/mol. The molecule has 6 heteroatoms. The Morgan fingerprint density at radius 3 is 2.76 bits per heavy atom.